The highest BCUT2D eigenvalue weighted by molar-refractivity contribution is 7.11. The van der Waals surface area contributed by atoms with Crippen molar-refractivity contribution in [2.45, 2.75) is 33.2 Å². The summed E-state index contributed by atoms with van der Waals surface area (Å²) in [5.74, 6) is 0. The SMILES string of the molecule is Cc1nc(C)c(C(C)N(C)C(=O)NCCc2ccccc2)s1. The molecular formula is C17H23N3OS. The Hall–Kier alpha value is -1.88. The van der Waals surface area contributed by atoms with Crippen LogP contribution in [0.5, 0.6) is 0 Å². The van der Waals surface area contributed by atoms with Crippen molar-refractivity contribution in [2.75, 3.05) is 13.6 Å². The fourth-order valence-electron chi connectivity index (χ4n) is 2.37. The molecule has 2 aromatic rings. The predicted octanol–water partition coefficient (Wildman–Crippen LogP) is 3.71. The van der Waals surface area contributed by atoms with Crippen molar-refractivity contribution < 1.29 is 4.79 Å². The second-order valence-electron chi connectivity index (χ2n) is 5.44. The molecule has 0 fully saturated rings. The Morgan fingerprint density at radius 1 is 1.32 bits per heavy atom. The Morgan fingerprint density at radius 2 is 2.00 bits per heavy atom. The summed E-state index contributed by atoms with van der Waals surface area (Å²) in [6.07, 6.45) is 0.841. The summed E-state index contributed by atoms with van der Waals surface area (Å²) in [6, 6.07) is 10.2. The number of hydrogen-bond donors (Lipinski definition) is 1. The van der Waals surface area contributed by atoms with Gasteiger partial charge in [-0.25, -0.2) is 9.78 Å². The van der Waals surface area contributed by atoms with E-state index in [1.165, 1.54) is 5.56 Å². The van der Waals surface area contributed by atoms with Crippen LogP contribution in [-0.2, 0) is 6.42 Å². The number of urea groups is 1. The second-order valence-corrected chi connectivity index (χ2v) is 6.67. The summed E-state index contributed by atoms with van der Waals surface area (Å²) in [5, 5.41) is 4.02. The van der Waals surface area contributed by atoms with Gasteiger partial charge in [0.25, 0.3) is 0 Å². The lowest BCUT2D eigenvalue weighted by Gasteiger charge is -2.24. The highest BCUT2D eigenvalue weighted by Crippen LogP contribution is 2.28. The van der Waals surface area contributed by atoms with Crippen LogP contribution in [0.15, 0.2) is 30.3 Å². The summed E-state index contributed by atoms with van der Waals surface area (Å²) >= 11 is 1.66. The zero-order chi connectivity index (χ0) is 16.1. The molecule has 1 N–H and O–H groups in total. The minimum absolute atomic E-state index is 0.0305. The van der Waals surface area contributed by atoms with Crippen LogP contribution in [0.2, 0.25) is 0 Å². The summed E-state index contributed by atoms with van der Waals surface area (Å²) < 4.78 is 0. The number of nitrogens with zero attached hydrogens (tertiary/aromatic N) is 2. The standard InChI is InChI=1S/C17H23N3OS/c1-12-16(22-14(3)19-12)13(2)20(4)17(21)18-11-10-15-8-6-5-7-9-15/h5-9,13H,10-11H2,1-4H3,(H,18,21). The molecule has 5 heteroatoms. The maximum absolute atomic E-state index is 12.3. The summed E-state index contributed by atoms with van der Waals surface area (Å²) in [6.45, 7) is 6.67. The number of carbonyl (C=O) groups is 1. The van der Waals surface area contributed by atoms with Crippen LogP contribution in [0.4, 0.5) is 4.79 Å². The van der Waals surface area contributed by atoms with E-state index in [1.54, 1.807) is 16.2 Å². The molecule has 118 valence electrons. The van der Waals surface area contributed by atoms with Crippen LogP contribution in [0.1, 0.15) is 34.1 Å². The molecule has 2 rings (SSSR count). The number of benzene rings is 1. The third-order valence-electron chi connectivity index (χ3n) is 3.75. The molecule has 0 saturated carbocycles. The van der Waals surface area contributed by atoms with Gasteiger partial charge >= 0.3 is 6.03 Å². The van der Waals surface area contributed by atoms with Crippen molar-refractivity contribution in [3.8, 4) is 0 Å². The molecule has 1 aromatic heterocycles. The van der Waals surface area contributed by atoms with Crippen molar-refractivity contribution in [1.82, 2.24) is 15.2 Å². The number of aromatic nitrogens is 1. The maximum atomic E-state index is 12.3. The van der Waals surface area contributed by atoms with E-state index in [-0.39, 0.29) is 12.1 Å². The lowest BCUT2D eigenvalue weighted by atomic mass is 10.1. The Morgan fingerprint density at radius 3 is 2.59 bits per heavy atom. The van der Waals surface area contributed by atoms with E-state index in [4.69, 9.17) is 0 Å². The third kappa shape index (κ3) is 4.07. The Labute approximate surface area is 136 Å². The number of nitrogens with one attached hydrogen (secondary N) is 1. The molecule has 0 aliphatic heterocycles. The monoisotopic (exact) mass is 317 g/mol. The van der Waals surface area contributed by atoms with E-state index in [0.29, 0.717) is 6.54 Å². The van der Waals surface area contributed by atoms with Gasteiger partial charge in [0.05, 0.1) is 16.7 Å². The van der Waals surface area contributed by atoms with Gasteiger partial charge in [-0.1, -0.05) is 30.3 Å². The first-order chi connectivity index (χ1) is 10.5. The molecule has 0 aliphatic rings. The van der Waals surface area contributed by atoms with E-state index in [1.807, 2.05) is 46.0 Å². The molecule has 22 heavy (non-hydrogen) atoms. The number of hydrogen-bond acceptors (Lipinski definition) is 3. The Balaban J connectivity index is 1.87. The first-order valence-corrected chi connectivity index (χ1v) is 8.29. The first kappa shape index (κ1) is 16.5. The van der Waals surface area contributed by atoms with Gasteiger partial charge in [0.1, 0.15) is 0 Å². The van der Waals surface area contributed by atoms with E-state index in [2.05, 4.69) is 22.4 Å². The van der Waals surface area contributed by atoms with Gasteiger partial charge in [0.15, 0.2) is 0 Å². The van der Waals surface area contributed by atoms with Gasteiger partial charge < -0.3 is 10.2 Å². The van der Waals surface area contributed by atoms with Crippen LogP contribution in [0.25, 0.3) is 0 Å². The van der Waals surface area contributed by atoms with Gasteiger partial charge in [-0.3, -0.25) is 0 Å². The van der Waals surface area contributed by atoms with Gasteiger partial charge in [0, 0.05) is 18.5 Å². The van der Waals surface area contributed by atoms with Crippen molar-refractivity contribution in [2.24, 2.45) is 0 Å². The summed E-state index contributed by atoms with van der Waals surface area (Å²) in [4.78, 5) is 19.6. The van der Waals surface area contributed by atoms with Crippen LogP contribution < -0.4 is 5.32 Å². The predicted molar refractivity (Wildman–Crippen MR) is 91.3 cm³/mol. The van der Waals surface area contributed by atoms with Crippen LogP contribution >= 0.6 is 11.3 Å². The normalized spacial score (nSPS) is 12.0. The van der Waals surface area contributed by atoms with Crippen molar-refractivity contribution >= 4 is 17.4 Å². The smallest absolute Gasteiger partial charge is 0.317 e. The summed E-state index contributed by atoms with van der Waals surface area (Å²) in [5.41, 5.74) is 2.24. The molecule has 2 amide bonds. The zero-order valence-corrected chi connectivity index (χ0v) is 14.4. The largest absolute Gasteiger partial charge is 0.338 e. The van der Waals surface area contributed by atoms with Crippen LogP contribution in [-0.4, -0.2) is 29.5 Å². The van der Waals surface area contributed by atoms with E-state index >= 15 is 0 Å². The molecule has 0 saturated heterocycles. The highest BCUT2D eigenvalue weighted by Gasteiger charge is 2.21. The first-order valence-electron chi connectivity index (χ1n) is 7.47. The van der Waals surface area contributed by atoms with E-state index < -0.39 is 0 Å². The van der Waals surface area contributed by atoms with Gasteiger partial charge in [0.2, 0.25) is 0 Å². The zero-order valence-electron chi connectivity index (χ0n) is 13.6. The maximum Gasteiger partial charge on any atom is 0.317 e. The second kappa shape index (κ2) is 7.40. The van der Waals surface area contributed by atoms with Crippen molar-refractivity contribution in [3.05, 3.63) is 51.5 Å². The highest BCUT2D eigenvalue weighted by atomic mass is 32.1. The number of thiazole rings is 1. The number of carbonyl (C=O) groups excluding carboxylic acids is 1. The third-order valence-corrected chi connectivity index (χ3v) is 5.00. The lowest BCUT2D eigenvalue weighted by molar-refractivity contribution is 0.195. The fraction of sp³-hybridized carbons (Fsp3) is 0.412. The molecule has 0 aliphatic carbocycles. The lowest BCUT2D eigenvalue weighted by Crippen LogP contribution is -2.39. The van der Waals surface area contributed by atoms with E-state index in [9.17, 15) is 4.79 Å². The Kier molecular flexibility index (Phi) is 5.55. The van der Waals surface area contributed by atoms with Crippen molar-refractivity contribution in [1.29, 1.82) is 0 Å². The molecule has 1 heterocycles. The molecule has 1 unspecified atom stereocenters. The molecule has 1 atom stereocenters. The molecule has 0 bridgehead atoms. The topological polar surface area (TPSA) is 45.2 Å². The molecule has 4 nitrogen and oxygen atoms in total. The quantitative estimate of drug-likeness (QED) is 0.914. The minimum atomic E-state index is -0.0473. The number of amides is 2. The average molecular weight is 317 g/mol. The molecule has 0 radical (unpaired) electrons. The van der Waals surface area contributed by atoms with Gasteiger partial charge in [-0.05, 0) is 32.8 Å². The van der Waals surface area contributed by atoms with Crippen LogP contribution in [0, 0.1) is 13.8 Å². The Bertz CT molecular complexity index is 624. The molecule has 1 aromatic carbocycles. The van der Waals surface area contributed by atoms with Gasteiger partial charge in [-0.15, -0.1) is 11.3 Å². The molecular weight excluding hydrogens is 294 g/mol. The fourth-order valence-corrected chi connectivity index (χ4v) is 3.39. The number of aryl methyl sites for hydroxylation is 2. The van der Waals surface area contributed by atoms with E-state index in [0.717, 1.165) is 22.0 Å². The van der Waals surface area contributed by atoms with Crippen LogP contribution in [0.3, 0.4) is 0 Å². The van der Waals surface area contributed by atoms with Gasteiger partial charge in [-0.2, -0.15) is 0 Å². The minimum Gasteiger partial charge on any atom is -0.338 e. The molecule has 0 spiro atoms. The van der Waals surface area contributed by atoms with Crippen molar-refractivity contribution in [3.63, 3.8) is 0 Å². The summed E-state index contributed by atoms with van der Waals surface area (Å²) in [7, 11) is 1.83. The average Bonchev–Trinajstić information content (AvgIpc) is 2.85. The number of rotatable bonds is 5.